The van der Waals surface area contributed by atoms with Gasteiger partial charge in [0.2, 0.25) is 0 Å². The van der Waals surface area contributed by atoms with Gasteiger partial charge in [-0.05, 0) is 30.2 Å². The van der Waals surface area contributed by atoms with Crippen LogP contribution in [0.4, 0.5) is 0 Å². The van der Waals surface area contributed by atoms with Gasteiger partial charge in [-0.15, -0.1) is 0 Å². The summed E-state index contributed by atoms with van der Waals surface area (Å²) in [5.74, 6) is 0.102. The highest BCUT2D eigenvalue weighted by Crippen LogP contribution is 2.40. The summed E-state index contributed by atoms with van der Waals surface area (Å²) in [5.41, 5.74) is 3.30. The fraction of sp³-hybridized carbons (Fsp3) is 0.611. The van der Waals surface area contributed by atoms with Crippen molar-refractivity contribution in [2.75, 3.05) is 7.11 Å². The van der Waals surface area contributed by atoms with Crippen LogP contribution in [0.15, 0.2) is 12.1 Å². The molecule has 0 saturated heterocycles. The predicted octanol–water partition coefficient (Wildman–Crippen LogP) is 4.66. The number of aryl methyl sites for hydroxylation is 1. The number of rotatable bonds is 6. The number of carbonyl (C=O) groups is 1. The lowest BCUT2D eigenvalue weighted by molar-refractivity contribution is -0.137. The van der Waals surface area contributed by atoms with Crippen LogP contribution in [-0.4, -0.2) is 18.2 Å². The minimum atomic E-state index is -0.755. The zero-order chi connectivity index (χ0) is 16.2. The van der Waals surface area contributed by atoms with E-state index in [9.17, 15) is 9.90 Å². The number of carboxylic acids is 1. The second-order valence-electron chi connectivity index (χ2n) is 6.77. The van der Waals surface area contributed by atoms with E-state index in [4.69, 9.17) is 4.74 Å². The van der Waals surface area contributed by atoms with E-state index in [0.717, 1.165) is 35.3 Å². The molecule has 0 saturated carbocycles. The lowest BCUT2D eigenvalue weighted by Gasteiger charge is -2.27. The first-order valence-electron chi connectivity index (χ1n) is 7.61. The third kappa shape index (κ3) is 4.48. The summed E-state index contributed by atoms with van der Waals surface area (Å²) in [6.07, 6.45) is 1.97. The van der Waals surface area contributed by atoms with E-state index >= 15 is 0 Å². The summed E-state index contributed by atoms with van der Waals surface area (Å²) in [4.78, 5) is 11.2. The van der Waals surface area contributed by atoms with Gasteiger partial charge in [0.1, 0.15) is 5.75 Å². The fourth-order valence-electron chi connectivity index (χ4n) is 2.82. The van der Waals surface area contributed by atoms with Gasteiger partial charge in [0.25, 0.3) is 0 Å². The van der Waals surface area contributed by atoms with Crippen molar-refractivity contribution >= 4 is 5.97 Å². The number of hydrogen-bond acceptors (Lipinski definition) is 2. The van der Waals surface area contributed by atoms with Gasteiger partial charge in [-0.25, -0.2) is 0 Å². The van der Waals surface area contributed by atoms with Crippen LogP contribution in [0.5, 0.6) is 5.75 Å². The molecule has 1 unspecified atom stereocenters. The molecule has 1 atom stereocenters. The van der Waals surface area contributed by atoms with Crippen LogP contribution in [0.1, 0.15) is 69.6 Å². The van der Waals surface area contributed by atoms with Crippen LogP contribution in [0, 0.1) is 6.92 Å². The van der Waals surface area contributed by atoms with Crippen molar-refractivity contribution in [2.24, 2.45) is 0 Å². The Bertz CT molecular complexity index is 498. The average Bonchev–Trinajstić information content (AvgIpc) is 2.35. The predicted molar refractivity (Wildman–Crippen MR) is 86.3 cm³/mol. The highest BCUT2D eigenvalue weighted by molar-refractivity contribution is 5.68. The Kier molecular flexibility index (Phi) is 5.82. The Labute approximate surface area is 128 Å². The maximum atomic E-state index is 11.2. The zero-order valence-electron chi connectivity index (χ0n) is 14.1. The van der Waals surface area contributed by atoms with E-state index < -0.39 is 5.97 Å². The Hall–Kier alpha value is -1.51. The summed E-state index contributed by atoms with van der Waals surface area (Å²) >= 11 is 0. The SMILES string of the molecule is CCCC(CC(=O)O)c1cc(C)cc(C(C)(C)C)c1OC. The van der Waals surface area contributed by atoms with E-state index in [1.807, 2.05) is 0 Å². The first kappa shape index (κ1) is 17.5. The summed E-state index contributed by atoms with van der Waals surface area (Å²) in [6.45, 7) is 10.6. The molecule has 1 rings (SSSR count). The molecule has 3 heteroatoms. The molecule has 1 N–H and O–H groups in total. The maximum Gasteiger partial charge on any atom is 0.303 e. The summed E-state index contributed by atoms with van der Waals surface area (Å²) in [6, 6.07) is 4.23. The molecule has 118 valence electrons. The summed E-state index contributed by atoms with van der Waals surface area (Å²) in [7, 11) is 1.67. The molecule has 0 aliphatic carbocycles. The third-order valence-corrected chi connectivity index (χ3v) is 3.77. The largest absolute Gasteiger partial charge is 0.496 e. The monoisotopic (exact) mass is 292 g/mol. The fourth-order valence-corrected chi connectivity index (χ4v) is 2.82. The van der Waals surface area contributed by atoms with Gasteiger partial charge in [-0.3, -0.25) is 4.79 Å². The lowest BCUT2D eigenvalue weighted by atomic mass is 9.80. The van der Waals surface area contributed by atoms with Crippen LogP contribution in [0.2, 0.25) is 0 Å². The van der Waals surface area contributed by atoms with Crippen molar-refractivity contribution in [1.29, 1.82) is 0 Å². The van der Waals surface area contributed by atoms with Crippen LogP contribution in [-0.2, 0) is 10.2 Å². The Morgan fingerprint density at radius 2 is 1.95 bits per heavy atom. The molecule has 0 aromatic heterocycles. The average molecular weight is 292 g/mol. The molecule has 0 bridgehead atoms. The zero-order valence-corrected chi connectivity index (χ0v) is 14.1. The number of benzene rings is 1. The van der Waals surface area contributed by atoms with Gasteiger partial charge < -0.3 is 9.84 Å². The number of carboxylic acid groups (broad SMARTS) is 1. The van der Waals surface area contributed by atoms with E-state index in [2.05, 4.69) is 46.8 Å². The highest BCUT2D eigenvalue weighted by atomic mass is 16.5. The molecule has 0 spiro atoms. The first-order chi connectivity index (χ1) is 9.70. The standard InChI is InChI=1S/C18H28O3/c1-7-8-13(11-16(19)20)14-9-12(2)10-15(17(14)21-6)18(3,4)5/h9-10,13H,7-8,11H2,1-6H3,(H,19,20). The lowest BCUT2D eigenvalue weighted by Crippen LogP contribution is -2.16. The Balaban J connectivity index is 3.44. The molecule has 1 aromatic rings. The molecule has 0 fully saturated rings. The summed E-state index contributed by atoms with van der Waals surface area (Å²) in [5, 5.41) is 9.19. The Morgan fingerprint density at radius 1 is 1.33 bits per heavy atom. The van der Waals surface area contributed by atoms with Crippen molar-refractivity contribution in [1.82, 2.24) is 0 Å². The van der Waals surface area contributed by atoms with Gasteiger partial charge in [0.15, 0.2) is 0 Å². The first-order valence-corrected chi connectivity index (χ1v) is 7.61. The number of methoxy groups -OCH3 is 1. The molecule has 0 amide bonds. The topological polar surface area (TPSA) is 46.5 Å². The van der Waals surface area contributed by atoms with Gasteiger partial charge in [0, 0.05) is 5.56 Å². The van der Waals surface area contributed by atoms with Gasteiger partial charge in [-0.2, -0.15) is 0 Å². The molecular formula is C18H28O3. The normalized spacial score (nSPS) is 13.0. The maximum absolute atomic E-state index is 11.2. The van der Waals surface area contributed by atoms with Crippen LogP contribution in [0.25, 0.3) is 0 Å². The second-order valence-corrected chi connectivity index (χ2v) is 6.77. The Morgan fingerprint density at radius 3 is 2.38 bits per heavy atom. The van der Waals surface area contributed by atoms with Crippen molar-refractivity contribution in [3.8, 4) is 5.75 Å². The number of ether oxygens (including phenoxy) is 1. The molecule has 1 aromatic carbocycles. The van der Waals surface area contributed by atoms with Crippen molar-refractivity contribution < 1.29 is 14.6 Å². The van der Waals surface area contributed by atoms with Gasteiger partial charge in [-0.1, -0.05) is 51.8 Å². The molecule has 0 heterocycles. The smallest absolute Gasteiger partial charge is 0.303 e. The number of aliphatic carboxylic acids is 1. The van der Waals surface area contributed by atoms with E-state index in [1.165, 1.54) is 0 Å². The van der Waals surface area contributed by atoms with E-state index in [1.54, 1.807) is 7.11 Å². The van der Waals surface area contributed by atoms with Gasteiger partial charge >= 0.3 is 5.97 Å². The highest BCUT2D eigenvalue weighted by Gasteiger charge is 2.26. The molecule has 0 aliphatic heterocycles. The third-order valence-electron chi connectivity index (χ3n) is 3.77. The van der Waals surface area contributed by atoms with E-state index in [0.29, 0.717) is 0 Å². The molecule has 21 heavy (non-hydrogen) atoms. The molecular weight excluding hydrogens is 264 g/mol. The quantitative estimate of drug-likeness (QED) is 0.829. The summed E-state index contributed by atoms with van der Waals surface area (Å²) < 4.78 is 5.67. The molecule has 0 radical (unpaired) electrons. The molecule has 3 nitrogen and oxygen atoms in total. The minimum Gasteiger partial charge on any atom is -0.496 e. The second kappa shape index (κ2) is 6.97. The van der Waals surface area contributed by atoms with Crippen molar-refractivity contribution in [3.05, 3.63) is 28.8 Å². The van der Waals surface area contributed by atoms with Crippen LogP contribution in [0.3, 0.4) is 0 Å². The minimum absolute atomic E-state index is 0.00319. The van der Waals surface area contributed by atoms with E-state index in [-0.39, 0.29) is 17.8 Å². The van der Waals surface area contributed by atoms with Gasteiger partial charge in [0.05, 0.1) is 13.5 Å². The van der Waals surface area contributed by atoms with Crippen molar-refractivity contribution in [2.45, 2.75) is 65.2 Å². The molecule has 0 aliphatic rings. The van der Waals surface area contributed by atoms with Crippen LogP contribution < -0.4 is 4.74 Å². The van der Waals surface area contributed by atoms with Crippen molar-refractivity contribution in [3.63, 3.8) is 0 Å². The number of hydrogen-bond donors (Lipinski definition) is 1. The van der Waals surface area contributed by atoms with Crippen LogP contribution >= 0.6 is 0 Å².